The van der Waals surface area contributed by atoms with Gasteiger partial charge in [-0.25, -0.2) is 8.78 Å². The molecule has 3 aromatic rings. The molecule has 2 atom stereocenters. The largest absolute Gasteiger partial charge is 0.390 e. The number of hydrogen-bond donors (Lipinski definition) is 3. The summed E-state index contributed by atoms with van der Waals surface area (Å²) in [7, 11) is 0. The fraction of sp³-hybridized carbons (Fsp3) is 0.382. The second kappa shape index (κ2) is 17.1. The van der Waals surface area contributed by atoms with Crippen LogP contribution in [0.5, 0.6) is 0 Å². The molecule has 1 amide bonds. The highest BCUT2D eigenvalue weighted by Crippen LogP contribution is 2.15. The lowest BCUT2D eigenvalue weighted by Gasteiger charge is -2.26. The molecule has 3 rings (SSSR count). The molecule has 0 bridgehead atoms. The summed E-state index contributed by atoms with van der Waals surface area (Å²) in [4.78, 5) is 19.6. The lowest BCUT2D eigenvalue weighted by atomic mass is 9.99. The first kappa shape index (κ1) is 33.4. The number of carbonyl (C=O) groups is 1. The third-order valence-corrected chi connectivity index (χ3v) is 7.07. The maximum Gasteiger partial charge on any atom is 0.251 e. The van der Waals surface area contributed by atoms with Gasteiger partial charge in [0, 0.05) is 43.4 Å². The van der Waals surface area contributed by atoms with Gasteiger partial charge in [0.2, 0.25) is 6.19 Å². The number of halogens is 2. The number of benzene rings is 3. The molecule has 228 valence electrons. The zero-order valence-corrected chi connectivity index (χ0v) is 25.1. The highest BCUT2D eigenvalue weighted by Gasteiger charge is 2.24. The van der Waals surface area contributed by atoms with Crippen molar-refractivity contribution < 1.29 is 18.7 Å². The molecule has 0 aliphatic rings. The van der Waals surface area contributed by atoms with E-state index in [9.17, 15) is 23.9 Å². The molecule has 0 heterocycles. The van der Waals surface area contributed by atoms with E-state index < -0.39 is 29.7 Å². The Bertz CT molecular complexity index is 1400. The first-order valence-electron chi connectivity index (χ1n) is 14.8. The Hall–Kier alpha value is -4.13. The van der Waals surface area contributed by atoms with E-state index in [-0.39, 0.29) is 13.0 Å². The van der Waals surface area contributed by atoms with Crippen molar-refractivity contribution in [2.75, 3.05) is 19.6 Å². The normalized spacial score (nSPS) is 12.8. The Labute approximate surface area is 253 Å². The van der Waals surface area contributed by atoms with Gasteiger partial charge in [0.05, 0.1) is 12.1 Å². The number of amidine groups is 1. The van der Waals surface area contributed by atoms with Crippen molar-refractivity contribution in [3.8, 4) is 6.19 Å². The van der Waals surface area contributed by atoms with Gasteiger partial charge in [-0.3, -0.25) is 4.79 Å². The lowest BCUT2D eigenvalue weighted by Crippen LogP contribution is -2.48. The van der Waals surface area contributed by atoms with Crippen molar-refractivity contribution in [3.63, 3.8) is 0 Å². The second-order valence-corrected chi connectivity index (χ2v) is 10.5. The number of rotatable bonds is 15. The Morgan fingerprint density at radius 1 is 0.930 bits per heavy atom. The molecule has 0 aromatic heterocycles. The molecule has 9 heteroatoms. The quantitative estimate of drug-likeness (QED) is 0.126. The molecule has 0 fully saturated rings. The van der Waals surface area contributed by atoms with E-state index in [2.05, 4.69) is 34.7 Å². The van der Waals surface area contributed by atoms with Gasteiger partial charge >= 0.3 is 0 Å². The minimum absolute atomic E-state index is 0.0101. The van der Waals surface area contributed by atoms with Crippen LogP contribution in [0.25, 0.3) is 0 Å². The Morgan fingerprint density at radius 2 is 1.58 bits per heavy atom. The molecular formula is C34H41F2N5O2. The smallest absolute Gasteiger partial charge is 0.251 e. The highest BCUT2D eigenvalue weighted by molar-refractivity contribution is 6.02. The first-order chi connectivity index (χ1) is 20.8. The van der Waals surface area contributed by atoms with Crippen LogP contribution >= 0.6 is 0 Å². The third kappa shape index (κ3) is 10.3. The Balaban J connectivity index is 1.82. The predicted molar refractivity (Wildman–Crippen MR) is 166 cm³/mol. The molecule has 0 radical (unpaired) electrons. The predicted octanol–water partition coefficient (Wildman–Crippen LogP) is 5.37. The van der Waals surface area contributed by atoms with Gasteiger partial charge in [0.1, 0.15) is 17.5 Å². The number of carbonyl (C=O) groups excluding carboxylic acids is 1. The zero-order valence-electron chi connectivity index (χ0n) is 25.1. The second-order valence-electron chi connectivity index (χ2n) is 10.5. The maximum atomic E-state index is 14.0. The van der Waals surface area contributed by atoms with Crippen LogP contribution in [-0.2, 0) is 19.4 Å². The average Bonchev–Trinajstić information content (AvgIpc) is 2.99. The Kier molecular flexibility index (Phi) is 13.3. The summed E-state index contributed by atoms with van der Waals surface area (Å²) in [6.07, 6.45) is 3.47. The molecule has 0 aliphatic heterocycles. The van der Waals surface area contributed by atoms with E-state index in [0.717, 1.165) is 30.9 Å². The standard InChI is InChI=1S/C34H41F2N5O2/c1-4-13-41(14-5-2)33(39-23-37)27-11-8-12-28(19-27)34(43)40-31(18-26-16-29(35)20-30(36)17-26)32(42)22-38-21-25-10-7-9-24(6-3)15-25/h7-12,15-17,19-20,31-32,38,42H,4-6,13-14,18,21-22H2,1-3H3,(H,40,43)/t31-,32+/m0/s1. The van der Waals surface area contributed by atoms with E-state index >= 15 is 0 Å². The molecule has 43 heavy (non-hydrogen) atoms. The van der Waals surface area contributed by atoms with Gasteiger partial charge in [-0.2, -0.15) is 10.3 Å². The van der Waals surface area contributed by atoms with Crippen LogP contribution < -0.4 is 10.6 Å². The minimum atomic E-state index is -1.06. The van der Waals surface area contributed by atoms with Crippen LogP contribution in [0.1, 0.15) is 66.2 Å². The number of amides is 1. The van der Waals surface area contributed by atoms with Crippen molar-refractivity contribution in [3.05, 3.63) is 106 Å². The number of nitriles is 1. The van der Waals surface area contributed by atoms with Gasteiger partial charge in [0.15, 0.2) is 0 Å². The van der Waals surface area contributed by atoms with Crippen molar-refractivity contribution in [1.29, 1.82) is 5.26 Å². The van der Waals surface area contributed by atoms with Crippen LogP contribution in [0.2, 0.25) is 0 Å². The zero-order chi connectivity index (χ0) is 31.2. The molecular weight excluding hydrogens is 548 g/mol. The number of nitrogens with one attached hydrogen (secondary N) is 2. The number of aliphatic hydroxyl groups excluding tert-OH is 1. The fourth-order valence-corrected chi connectivity index (χ4v) is 5.01. The van der Waals surface area contributed by atoms with E-state index in [1.807, 2.05) is 37.1 Å². The fourth-order valence-electron chi connectivity index (χ4n) is 5.01. The Morgan fingerprint density at radius 3 is 2.23 bits per heavy atom. The summed E-state index contributed by atoms with van der Waals surface area (Å²) in [5, 5.41) is 26.6. The first-order valence-corrected chi connectivity index (χ1v) is 14.8. The van der Waals surface area contributed by atoms with Crippen LogP contribution in [0, 0.1) is 23.1 Å². The monoisotopic (exact) mass is 589 g/mol. The van der Waals surface area contributed by atoms with Gasteiger partial charge < -0.3 is 20.6 Å². The van der Waals surface area contributed by atoms with Gasteiger partial charge in [-0.05, 0) is 66.6 Å². The molecule has 0 unspecified atom stereocenters. The van der Waals surface area contributed by atoms with Crippen molar-refractivity contribution >= 4 is 11.7 Å². The summed E-state index contributed by atoms with van der Waals surface area (Å²) >= 11 is 0. The summed E-state index contributed by atoms with van der Waals surface area (Å²) in [5.74, 6) is -1.44. The number of hydrogen-bond acceptors (Lipinski definition) is 5. The lowest BCUT2D eigenvalue weighted by molar-refractivity contribution is 0.0830. The van der Waals surface area contributed by atoms with E-state index in [0.29, 0.717) is 42.2 Å². The van der Waals surface area contributed by atoms with Crippen LogP contribution in [0.15, 0.2) is 71.7 Å². The molecule has 0 aliphatic carbocycles. The van der Waals surface area contributed by atoms with E-state index in [1.54, 1.807) is 24.3 Å². The molecule has 3 aromatic carbocycles. The van der Waals surface area contributed by atoms with E-state index in [1.165, 1.54) is 17.7 Å². The van der Waals surface area contributed by atoms with Gasteiger partial charge in [-0.15, -0.1) is 0 Å². The SMILES string of the molecule is CCCN(CCC)C(=NC#N)c1cccc(C(=O)N[C@@H](Cc2cc(F)cc(F)c2)[C@H](O)CNCc2cccc(CC)c2)c1. The minimum Gasteiger partial charge on any atom is -0.390 e. The molecule has 0 saturated carbocycles. The summed E-state index contributed by atoms with van der Waals surface area (Å²) in [6, 6.07) is 17.2. The van der Waals surface area contributed by atoms with E-state index in [4.69, 9.17) is 0 Å². The van der Waals surface area contributed by atoms with Crippen molar-refractivity contribution in [2.24, 2.45) is 4.99 Å². The topological polar surface area (TPSA) is 101 Å². The summed E-state index contributed by atoms with van der Waals surface area (Å²) in [6.45, 7) is 8.24. The van der Waals surface area contributed by atoms with Crippen molar-refractivity contribution in [2.45, 2.75) is 65.1 Å². The summed E-state index contributed by atoms with van der Waals surface area (Å²) in [5.41, 5.74) is 3.51. The number of aliphatic hydroxyl groups is 1. The number of nitrogens with zero attached hydrogens (tertiary/aromatic N) is 3. The van der Waals surface area contributed by atoms with Gasteiger partial charge in [0.25, 0.3) is 5.91 Å². The third-order valence-electron chi connectivity index (χ3n) is 7.07. The van der Waals surface area contributed by atoms with Gasteiger partial charge in [-0.1, -0.05) is 57.2 Å². The molecule has 0 spiro atoms. The van der Waals surface area contributed by atoms with Crippen molar-refractivity contribution in [1.82, 2.24) is 15.5 Å². The molecule has 3 N–H and O–H groups in total. The average molecular weight is 590 g/mol. The molecule has 7 nitrogen and oxygen atoms in total. The number of aryl methyl sites for hydroxylation is 1. The van der Waals surface area contributed by atoms with Crippen LogP contribution in [-0.4, -0.2) is 53.5 Å². The highest BCUT2D eigenvalue weighted by atomic mass is 19.1. The van der Waals surface area contributed by atoms with Crippen LogP contribution in [0.3, 0.4) is 0 Å². The number of aliphatic imine (C=N–C) groups is 1. The summed E-state index contributed by atoms with van der Waals surface area (Å²) < 4.78 is 28.0. The van der Waals surface area contributed by atoms with Crippen LogP contribution in [0.4, 0.5) is 8.78 Å². The maximum absolute atomic E-state index is 14.0. The molecule has 0 saturated heterocycles.